The predicted molar refractivity (Wildman–Crippen MR) is 81.8 cm³/mol. The van der Waals surface area contributed by atoms with Crippen molar-refractivity contribution in [2.24, 2.45) is 5.92 Å². The maximum atomic E-state index is 13.6. The second kappa shape index (κ2) is 6.35. The molecule has 3 rings (SSSR count). The van der Waals surface area contributed by atoms with Crippen LogP contribution in [0, 0.1) is 11.7 Å². The molecule has 0 bridgehead atoms. The largest absolute Gasteiger partial charge is 0.348 e. The molecule has 1 saturated heterocycles. The lowest BCUT2D eigenvalue weighted by Gasteiger charge is -2.32. The van der Waals surface area contributed by atoms with Crippen molar-refractivity contribution in [2.45, 2.75) is 25.7 Å². The first-order chi connectivity index (χ1) is 9.83. The summed E-state index contributed by atoms with van der Waals surface area (Å²) in [5, 5.41) is 3.15. The van der Waals surface area contributed by atoms with Crippen molar-refractivity contribution in [1.82, 2.24) is 4.98 Å². The Labute approximate surface area is 123 Å². The Morgan fingerprint density at radius 1 is 1.35 bits per heavy atom. The van der Waals surface area contributed by atoms with Gasteiger partial charge in [0.1, 0.15) is 5.82 Å². The second-order valence-corrected chi connectivity index (χ2v) is 6.27. The lowest BCUT2D eigenvalue weighted by Crippen LogP contribution is -2.35. The summed E-state index contributed by atoms with van der Waals surface area (Å²) in [4.78, 5) is 6.77. The SMILES string of the molecule is Fc1ccccc1CCC1CCCN(c2nccs2)C1. The number of piperidine rings is 1. The van der Waals surface area contributed by atoms with Crippen molar-refractivity contribution in [3.63, 3.8) is 0 Å². The third kappa shape index (κ3) is 3.18. The molecule has 1 unspecified atom stereocenters. The first kappa shape index (κ1) is 13.6. The van der Waals surface area contributed by atoms with Crippen LogP contribution in [0.25, 0.3) is 0 Å². The zero-order valence-corrected chi connectivity index (χ0v) is 12.3. The van der Waals surface area contributed by atoms with Crippen molar-refractivity contribution >= 4 is 16.5 Å². The van der Waals surface area contributed by atoms with E-state index in [0.29, 0.717) is 5.92 Å². The quantitative estimate of drug-likeness (QED) is 0.841. The van der Waals surface area contributed by atoms with Gasteiger partial charge in [-0.1, -0.05) is 18.2 Å². The maximum Gasteiger partial charge on any atom is 0.185 e. The molecule has 1 fully saturated rings. The summed E-state index contributed by atoms with van der Waals surface area (Å²) >= 11 is 1.70. The van der Waals surface area contributed by atoms with Gasteiger partial charge >= 0.3 is 0 Å². The highest BCUT2D eigenvalue weighted by atomic mass is 32.1. The first-order valence-electron chi connectivity index (χ1n) is 7.21. The average Bonchev–Trinajstić information content (AvgIpc) is 3.01. The maximum absolute atomic E-state index is 13.6. The molecular weight excluding hydrogens is 271 g/mol. The average molecular weight is 290 g/mol. The zero-order valence-electron chi connectivity index (χ0n) is 11.5. The third-order valence-electron chi connectivity index (χ3n) is 3.99. The molecule has 1 aliphatic rings. The van der Waals surface area contributed by atoms with E-state index in [9.17, 15) is 4.39 Å². The summed E-state index contributed by atoms with van der Waals surface area (Å²) in [5.41, 5.74) is 0.846. The van der Waals surface area contributed by atoms with E-state index in [1.54, 1.807) is 23.5 Å². The Bertz CT molecular complexity index is 541. The summed E-state index contributed by atoms with van der Waals surface area (Å²) in [6.45, 7) is 2.16. The molecule has 4 heteroatoms. The smallest absolute Gasteiger partial charge is 0.185 e. The lowest BCUT2D eigenvalue weighted by atomic mass is 9.92. The van der Waals surface area contributed by atoms with Crippen LogP contribution in [0.5, 0.6) is 0 Å². The summed E-state index contributed by atoms with van der Waals surface area (Å²) in [6, 6.07) is 7.12. The van der Waals surface area contributed by atoms with Crippen molar-refractivity contribution < 1.29 is 4.39 Å². The molecule has 2 nitrogen and oxygen atoms in total. The van der Waals surface area contributed by atoms with Gasteiger partial charge < -0.3 is 4.90 Å². The van der Waals surface area contributed by atoms with Crippen LogP contribution in [0.2, 0.25) is 0 Å². The number of aromatic nitrogens is 1. The highest BCUT2D eigenvalue weighted by Crippen LogP contribution is 2.27. The molecular formula is C16H19FN2S. The van der Waals surface area contributed by atoms with E-state index in [1.807, 2.05) is 23.7 Å². The van der Waals surface area contributed by atoms with Gasteiger partial charge in [0.2, 0.25) is 0 Å². The molecule has 1 atom stereocenters. The van der Waals surface area contributed by atoms with E-state index in [-0.39, 0.29) is 5.82 Å². The molecule has 1 aromatic heterocycles. The summed E-state index contributed by atoms with van der Waals surface area (Å²) in [5.74, 6) is 0.576. The van der Waals surface area contributed by atoms with Crippen molar-refractivity contribution in [2.75, 3.05) is 18.0 Å². The highest BCUT2D eigenvalue weighted by Gasteiger charge is 2.21. The topological polar surface area (TPSA) is 16.1 Å². The number of anilines is 1. The van der Waals surface area contributed by atoms with Crippen LogP contribution in [-0.4, -0.2) is 18.1 Å². The summed E-state index contributed by atoms with van der Waals surface area (Å²) < 4.78 is 13.6. The van der Waals surface area contributed by atoms with Gasteiger partial charge in [-0.25, -0.2) is 9.37 Å². The second-order valence-electron chi connectivity index (χ2n) is 5.40. The number of rotatable bonds is 4. The van der Waals surface area contributed by atoms with Gasteiger partial charge in [0.15, 0.2) is 5.13 Å². The summed E-state index contributed by atoms with van der Waals surface area (Å²) in [6.07, 6.45) is 6.21. The number of halogens is 1. The van der Waals surface area contributed by atoms with Crippen LogP contribution < -0.4 is 4.90 Å². The first-order valence-corrected chi connectivity index (χ1v) is 8.09. The van der Waals surface area contributed by atoms with E-state index in [4.69, 9.17) is 0 Å². The molecule has 0 amide bonds. The monoisotopic (exact) mass is 290 g/mol. The van der Waals surface area contributed by atoms with Gasteiger partial charge in [-0.15, -0.1) is 11.3 Å². The van der Waals surface area contributed by atoms with Crippen molar-refractivity contribution in [3.05, 3.63) is 47.2 Å². The number of hydrogen-bond donors (Lipinski definition) is 0. The van der Waals surface area contributed by atoms with E-state index in [2.05, 4.69) is 9.88 Å². The van der Waals surface area contributed by atoms with Gasteiger partial charge in [0.05, 0.1) is 0 Å². The van der Waals surface area contributed by atoms with Gasteiger partial charge in [-0.05, 0) is 43.2 Å². The van der Waals surface area contributed by atoms with Crippen LogP contribution in [0.4, 0.5) is 9.52 Å². The molecule has 20 heavy (non-hydrogen) atoms. The van der Waals surface area contributed by atoms with Crippen LogP contribution in [0.15, 0.2) is 35.8 Å². The molecule has 106 valence electrons. The molecule has 2 aromatic rings. The number of benzene rings is 1. The molecule has 0 saturated carbocycles. The molecule has 0 spiro atoms. The Morgan fingerprint density at radius 2 is 2.25 bits per heavy atom. The number of hydrogen-bond acceptors (Lipinski definition) is 3. The molecule has 2 heterocycles. The Balaban J connectivity index is 1.57. The molecule has 1 aromatic carbocycles. The van der Waals surface area contributed by atoms with Crippen LogP contribution >= 0.6 is 11.3 Å². The Kier molecular flexibility index (Phi) is 4.31. The van der Waals surface area contributed by atoms with Gasteiger partial charge in [0.25, 0.3) is 0 Å². The molecule has 0 aliphatic carbocycles. The number of thiazole rings is 1. The van der Waals surface area contributed by atoms with Gasteiger partial charge in [-0.2, -0.15) is 0 Å². The third-order valence-corrected chi connectivity index (χ3v) is 4.82. The van der Waals surface area contributed by atoms with Crippen LogP contribution in [-0.2, 0) is 6.42 Å². The van der Waals surface area contributed by atoms with E-state index < -0.39 is 0 Å². The van der Waals surface area contributed by atoms with Crippen LogP contribution in [0.3, 0.4) is 0 Å². The standard InChI is InChI=1S/C16H19FN2S/c17-15-6-2-1-5-14(15)8-7-13-4-3-10-19(12-13)16-18-9-11-20-16/h1-2,5-6,9,11,13H,3-4,7-8,10,12H2. The minimum atomic E-state index is -0.0694. The lowest BCUT2D eigenvalue weighted by molar-refractivity contribution is 0.389. The Hall–Kier alpha value is -1.42. The minimum absolute atomic E-state index is 0.0694. The minimum Gasteiger partial charge on any atom is -0.348 e. The summed E-state index contributed by atoms with van der Waals surface area (Å²) in [7, 11) is 0. The van der Waals surface area contributed by atoms with Crippen molar-refractivity contribution in [1.29, 1.82) is 0 Å². The van der Waals surface area contributed by atoms with Gasteiger partial charge in [-0.3, -0.25) is 0 Å². The fourth-order valence-electron chi connectivity index (χ4n) is 2.91. The predicted octanol–water partition coefficient (Wildman–Crippen LogP) is 4.13. The fraction of sp³-hybridized carbons (Fsp3) is 0.438. The number of aryl methyl sites for hydroxylation is 1. The van der Waals surface area contributed by atoms with E-state index in [1.165, 1.54) is 12.8 Å². The van der Waals surface area contributed by atoms with Crippen molar-refractivity contribution in [3.8, 4) is 0 Å². The molecule has 0 N–H and O–H groups in total. The zero-order chi connectivity index (χ0) is 13.8. The van der Waals surface area contributed by atoms with E-state index in [0.717, 1.165) is 36.6 Å². The highest BCUT2D eigenvalue weighted by molar-refractivity contribution is 7.13. The van der Waals surface area contributed by atoms with Gasteiger partial charge in [0, 0.05) is 24.7 Å². The van der Waals surface area contributed by atoms with E-state index >= 15 is 0 Å². The number of nitrogens with zero attached hydrogens (tertiary/aromatic N) is 2. The Morgan fingerprint density at radius 3 is 3.05 bits per heavy atom. The fourth-order valence-corrected chi connectivity index (χ4v) is 3.59. The molecule has 0 radical (unpaired) electrons. The van der Waals surface area contributed by atoms with Crippen LogP contribution in [0.1, 0.15) is 24.8 Å². The normalized spacial score (nSPS) is 19.2. The molecule has 1 aliphatic heterocycles.